The van der Waals surface area contributed by atoms with E-state index in [-0.39, 0.29) is 42.7 Å². The molecule has 1 unspecified atom stereocenters. The van der Waals surface area contributed by atoms with E-state index in [9.17, 15) is 9.59 Å². The van der Waals surface area contributed by atoms with Crippen LogP contribution >= 0.6 is 24.8 Å². The number of aromatic nitrogens is 1. The Balaban J connectivity index is 0.00000182. The SMILES string of the molecule is Cl.Cl.O=C(Nc1ccncc1)c1ccc(CNC(=O)C2COCCN2)cc1. The average Bonchev–Trinajstić information content (AvgIpc) is 2.68. The highest BCUT2D eigenvalue weighted by molar-refractivity contribution is 6.04. The molecule has 2 amide bonds. The number of pyridine rings is 1. The van der Waals surface area contributed by atoms with Gasteiger partial charge in [0.05, 0.1) is 13.2 Å². The summed E-state index contributed by atoms with van der Waals surface area (Å²) in [4.78, 5) is 28.1. The van der Waals surface area contributed by atoms with Gasteiger partial charge in [-0.3, -0.25) is 14.6 Å². The molecule has 1 saturated heterocycles. The lowest BCUT2D eigenvalue weighted by Crippen LogP contribution is -2.51. The van der Waals surface area contributed by atoms with Crippen molar-refractivity contribution in [3.63, 3.8) is 0 Å². The fourth-order valence-electron chi connectivity index (χ4n) is 2.46. The van der Waals surface area contributed by atoms with Gasteiger partial charge in [0, 0.05) is 36.7 Å². The second-order valence-electron chi connectivity index (χ2n) is 5.69. The molecule has 3 rings (SSSR count). The van der Waals surface area contributed by atoms with E-state index in [4.69, 9.17) is 4.74 Å². The first kappa shape index (κ1) is 22.9. The second-order valence-corrected chi connectivity index (χ2v) is 5.69. The number of nitrogens with one attached hydrogen (secondary N) is 3. The van der Waals surface area contributed by atoms with Crippen molar-refractivity contribution in [2.45, 2.75) is 12.6 Å². The van der Waals surface area contributed by atoms with Crippen molar-refractivity contribution in [1.29, 1.82) is 0 Å². The monoisotopic (exact) mass is 412 g/mol. The van der Waals surface area contributed by atoms with E-state index in [1.807, 2.05) is 12.1 Å². The van der Waals surface area contributed by atoms with Gasteiger partial charge in [0.1, 0.15) is 6.04 Å². The molecule has 1 aromatic carbocycles. The van der Waals surface area contributed by atoms with E-state index in [0.717, 1.165) is 5.56 Å². The summed E-state index contributed by atoms with van der Waals surface area (Å²) < 4.78 is 5.27. The first-order valence-electron chi connectivity index (χ1n) is 8.11. The van der Waals surface area contributed by atoms with Crippen LogP contribution in [0.1, 0.15) is 15.9 Å². The number of hydrogen-bond acceptors (Lipinski definition) is 5. The third-order valence-corrected chi connectivity index (χ3v) is 3.86. The molecule has 1 aliphatic heterocycles. The van der Waals surface area contributed by atoms with Crippen molar-refractivity contribution in [3.05, 3.63) is 59.9 Å². The molecule has 2 aromatic rings. The number of nitrogens with zero attached hydrogens (tertiary/aromatic N) is 1. The third kappa shape index (κ3) is 6.80. The molecule has 146 valence electrons. The Labute approximate surface area is 170 Å². The zero-order chi connectivity index (χ0) is 17.5. The summed E-state index contributed by atoms with van der Waals surface area (Å²) in [5, 5.41) is 8.78. The molecular formula is C18H22Cl2N4O3. The smallest absolute Gasteiger partial charge is 0.255 e. The summed E-state index contributed by atoms with van der Waals surface area (Å²) in [6.45, 7) is 2.11. The predicted octanol–water partition coefficient (Wildman–Crippen LogP) is 1.78. The molecule has 9 heteroatoms. The number of rotatable bonds is 5. The van der Waals surface area contributed by atoms with E-state index in [1.54, 1.807) is 36.7 Å². The lowest BCUT2D eigenvalue weighted by atomic mass is 10.1. The van der Waals surface area contributed by atoms with Crippen LogP contribution in [-0.2, 0) is 16.1 Å². The third-order valence-electron chi connectivity index (χ3n) is 3.86. The van der Waals surface area contributed by atoms with Crippen molar-refractivity contribution < 1.29 is 14.3 Å². The maximum atomic E-state index is 12.2. The normalized spacial score (nSPS) is 15.6. The first-order valence-corrected chi connectivity index (χ1v) is 8.11. The van der Waals surface area contributed by atoms with Crippen LogP contribution in [0.4, 0.5) is 5.69 Å². The lowest BCUT2D eigenvalue weighted by molar-refractivity contribution is -0.126. The molecule has 2 heterocycles. The maximum absolute atomic E-state index is 12.2. The highest BCUT2D eigenvalue weighted by atomic mass is 35.5. The molecule has 1 aliphatic rings. The standard InChI is InChI=1S/C18H20N4O3.2ClH/c23-17(22-15-5-7-19-8-6-15)14-3-1-13(2-4-14)11-21-18(24)16-12-25-10-9-20-16;;/h1-8,16,20H,9-12H2,(H,21,24)(H,19,22,23);2*1H. The van der Waals surface area contributed by atoms with E-state index in [0.29, 0.717) is 37.6 Å². The zero-order valence-corrected chi connectivity index (χ0v) is 16.1. The minimum absolute atomic E-state index is 0. The van der Waals surface area contributed by atoms with Gasteiger partial charge < -0.3 is 20.7 Å². The van der Waals surface area contributed by atoms with Gasteiger partial charge in [0.15, 0.2) is 0 Å². The van der Waals surface area contributed by atoms with Gasteiger partial charge in [-0.25, -0.2) is 0 Å². The van der Waals surface area contributed by atoms with Crippen molar-refractivity contribution >= 4 is 42.3 Å². The van der Waals surface area contributed by atoms with Crippen LogP contribution in [0.3, 0.4) is 0 Å². The fourth-order valence-corrected chi connectivity index (χ4v) is 2.46. The van der Waals surface area contributed by atoms with Gasteiger partial charge in [-0.1, -0.05) is 12.1 Å². The van der Waals surface area contributed by atoms with E-state index >= 15 is 0 Å². The molecule has 0 radical (unpaired) electrons. The number of carbonyl (C=O) groups excluding carboxylic acids is 2. The second kappa shape index (κ2) is 11.5. The highest BCUT2D eigenvalue weighted by Crippen LogP contribution is 2.09. The molecule has 3 N–H and O–H groups in total. The van der Waals surface area contributed by atoms with E-state index < -0.39 is 0 Å². The number of morpholine rings is 1. The van der Waals surface area contributed by atoms with Crippen molar-refractivity contribution in [3.8, 4) is 0 Å². The highest BCUT2D eigenvalue weighted by Gasteiger charge is 2.20. The average molecular weight is 413 g/mol. The summed E-state index contributed by atoms with van der Waals surface area (Å²) in [5.41, 5.74) is 2.17. The van der Waals surface area contributed by atoms with Crippen LogP contribution in [-0.4, -0.2) is 42.6 Å². The molecule has 1 fully saturated rings. The molecule has 27 heavy (non-hydrogen) atoms. The number of ether oxygens (including phenoxy) is 1. The predicted molar refractivity (Wildman–Crippen MR) is 108 cm³/mol. The molecule has 1 aromatic heterocycles. The van der Waals surface area contributed by atoms with Gasteiger partial charge in [-0.15, -0.1) is 24.8 Å². The van der Waals surface area contributed by atoms with Crippen LogP contribution < -0.4 is 16.0 Å². The number of amides is 2. The Morgan fingerprint density at radius 1 is 1.11 bits per heavy atom. The summed E-state index contributed by atoms with van der Waals surface area (Å²) in [6, 6.07) is 10.3. The lowest BCUT2D eigenvalue weighted by Gasteiger charge is -2.22. The van der Waals surface area contributed by atoms with E-state index in [1.165, 1.54) is 0 Å². The minimum atomic E-state index is -0.306. The summed E-state index contributed by atoms with van der Waals surface area (Å²) in [7, 11) is 0. The molecule has 1 atom stereocenters. The van der Waals surface area contributed by atoms with Crippen LogP contribution in [0, 0.1) is 0 Å². The maximum Gasteiger partial charge on any atom is 0.255 e. The Kier molecular flexibility index (Phi) is 9.74. The van der Waals surface area contributed by atoms with Gasteiger partial charge >= 0.3 is 0 Å². The van der Waals surface area contributed by atoms with Gasteiger partial charge in [-0.05, 0) is 29.8 Å². The molecule has 0 aliphatic carbocycles. The summed E-state index contributed by atoms with van der Waals surface area (Å²) in [5.74, 6) is -0.274. The first-order chi connectivity index (χ1) is 12.2. The molecule has 7 nitrogen and oxygen atoms in total. The number of halogens is 2. The number of carbonyl (C=O) groups is 2. The van der Waals surface area contributed by atoms with Crippen LogP contribution in [0.25, 0.3) is 0 Å². The largest absolute Gasteiger partial charge is 0.378 e. The van der Waals surface area contributed by atoms with Crippen LogP contribution in [0.15, 0.2) is 48.8 Å². The minimum Gasteiger partial charge on any atom is -0.378 e. The quantitative estimate of drug-likeness (QED) is 0.695. The Bertz CT molecular complexity index is 723. The Morgan fingerprint density at radius 3 is 2.44 bits per heavy atom. The molecular weight excluding hydrogens is 391 g/mol. The fraction of sp³-hybridized carbons (Fsp3) is 0.278. The number of hydrogen-bond donors (Lipinski definition) is 3. The molecule has 0 spiro atoms. The van der Waals surface area contributed by atoms with Crippen molar-refractivity contribution in [1.82, 2.24) is 15.6 Å². The van der Waals surface area contributed by atoms with Crippen molar-refractivity contribution in [2.24, 2.45) is 0 Å². The number of anilines is 1. The Morgan fingerprint density at radius 2 is 1.81 bits per heavy atom. The summed E-state index contributed by atoms with van der Waals surface area (Å²) in [6.07, 6.45) is 3.24. The van der Waals surface area contributed by atoms with E-state index in [2.05, 4.69) is 20.9 Å². The van der Waals surface area contributed by atoms with Crippen LogP contribution in [0.2, 0.25) is 0 Å². The van der Waals surface area contributed by atoms with Gasteiger partial charge in [-0.2, -0.15) is 0 Å². The van der Waals surface area contributed by atoms with Gasteiger partial charge in [0.25, 0.3) is 5.91 Å². The zero-order valence-electron chi connectivity index (χ0n) is 14.5. The Hall–Kier alpha value is -2.19. The molecule has 0 bridgehead atoms. The van der Waals surface area contributed by atoms with Crippen LogP contribution in [0.5, 0.6) is 0 Å². The summed E-state index contributed by atoms with van der Waals surface area (Å²) >= 11 is 0. The van der Waals surface area contributed by atoms with Crippen molar-refractivity contribution in [2.75, 3.05) is 25.1 Å². The number of benzene rings is 1. The topological polar surface area (TPSA) is 92.4 Å². The van der Waals surface area contributed by atoms with Gasteiger partial charge in [0.2, 0.25) is 5.91 Å². The molecule has 0 saturated carbocycles.